The molecule has 2 aliphatic heterocycles. The Hall–Kier alpha value is -2.56. The molecule has 2 aromatic carbocycles. The molecule has 0 spiro atoms. The summed E-state index contributed by atoms with van der Waals surface area (Å²) >= 11 is 12.3. The number of alkyl halides is 3. The fourth-order valence-corrected chi connectivity index (χ4v) is 5.72. The molecule has 0 radical (unpaired) electrons. The van der Waals surface area contributed by atoms with Gasteiger partial charge in [-0.05, 0) is 98.8 Å². The van der Waals surface area contributed by atoms with E-state index in [0.29, 0.717) is 34.2 Å². The van der Waals surface area contributed by atoms with Gasteiger partial charge < -0.3 is 14.7 Å². The molecule has 226 valence electrons. The number of nitrogens with zero attached hydrogens (tertiary/aromatic N) is 2. The molecule has 0 unspecified atom stereocenters. The highest BCUT2D eigenvalue weighted by Gasteiger charge is 2.31. The zero-order chi connectivity index (χ0) is 29.9. The van der Waals surface area contributed by atoms with Crippen LogP contribution in [0, 0.1) is 11.7 Å². The molecule has 1 aliphatic carbocycles. The van der Waals surface area contributed by atoms with E-state index in [9.17, 15) is 22.4 Å². The lowest BCUT2D eigenvalue weighted by atomic mass is 9.97. The number of carbonyl (C=O) groups excluding carboxylic acids is 1. The first kappa shape index (κ1) is 32.9. The lowest BCUT2D eigenvalue weighted by Gasteiger charge is -2.32. The number of piperidine rings is 1. The van der Waals surface area contributed by atoms with E-state index >= 15 is 0 Å². The summed E-state index contributed by atoms with van der Waals surface area (Å²) in [5.41, 5.74) is 2.32. The van der Waals surface area contributed by atoms with Crippen molar-refractivity contribution in [2.75, 3.05) is 32.8 Å². The van der Waals surface area contributed by atoms with Gasteiger partial charge in [-0.25, -0.2) is 4.39 Å². The van der Waals surface area contributed by atoms with E-state index in [2.05, 4.69) is 4.90 Å². The minimum absolute atomic E-state index is 0.184. The van der Waals surface area contributed by atoms with Gasteiger partial charge in [0.05, 0.1) is 12.2 Å². The molecule has 12 heteroatoms. The second-order valence-electron chi connectivity index (χ2n) is 10.3. The van der Waals surface area contributed by atoms with E-state index in [0.717, 1.165) is 82.4 Å². The first-order chi connectivity index (χ1) is 19.6. The quantitative estimate of drug-likeness (QED) is 0.258. The van der Waals surface area contributed by atoms with Crippen LogP contribution in [0.2, 0.25) is 10.0 Å². The van der Waals surface area contributed by atoms with Gasteiger partial charge in [-0.3, -0.25) is 14.5 Å². The predicted octanol–water partition coefficient (Wildman–Crippen LogP) is 7.42. The summed E-state index contributed by atoms with van der Waals surface area (Å²) in [6.07, 6.45) is 6.20. The fourth-order valence-electron chi connectivity index (χ4n) is 5.14. The van der Waals surface area contributed by atoms with Gasteiger partial charge in [0.2, 0.25) is 0 Å². The number of amides is 1. The molecule has 1 N–H and O–H groups in total. The Balaban J connectivity index is 0.000000598. The molecule has 1 saturated carbocycles. The Kier molecular flexibility index (Phi) is 13.0. The van der Waals surface area contributed by atoms with Crippen molar-refractivity contribution in [2.24, 2.45) is 5.92 Å². The number of likely N-dealkylation sites (tertiary alicyclic amines) is 2. The molecule has 0 bridgehead atoms. The predicted molar refractivity (Wildman–Crippen MR) is 149 cm³/mol. The highest BCUT2D eigenvalue weighted by molar-refractivity contribution is 6.34. The Morgan fingerprint density at radius 1 is 0.976 bits per heavy atom. The van der Waals surface area contributed by atoms with Crippen LogP contribution in [-0.2, 0) is 11.3 Å². The SMILES string of the molecule is FC(F)F.O=C(c1cc(C2CC2)c(OCC2CCN(Cc3cc(Cl)cc(Cl)c3)CC2)cc1F)N1CCCC1.O=CO. The zero-order valence-corrected chi connectivity index (χ0v) is 24.0. The van der Waals surface area contributed by atoms with Crippen LogP contribution in [0.4, 0.5) is 17.6 Å². The van der Waals surface area contributed by atoms with Crippen LogP contribution in [-0.4, -0.2) is 66.8 Å². The van der Waals surface area contributed by atoms with E-state index in [1.165, 1.54) is 6.07 Å². The number of carbonyl (C=O) groups is 2. The van der Waals surface area contributed by atoms with Crippen molar-refractivity contribution >= 4 is 35.6 Å². The molecule has 0 aromatic heterocycles. The van der Waals surface area contributed by atoms with Crippen molar-refractivity contribution < 1.29 is 37.0 Å². The van der Waals surface area contributed by atoms with Crippen LogP contribution in [0.5, 0.6) is 5.75 Å². The monoisotopic (exact) mass is 620 g/mol. The summed E-state index contributed by atoms with van der Waals surface area (Å²) in [4.78, 5) is 25.3. The first-order valence-corrected chi connectivity index (χ1v) is 14.3. The van der Waals surface area contributed by atoms with E-state index in [1.807, 2.05) is 12.1 Å². The molecule has 2 aromatic rings. The molecule has 5 rings (SSSR count). The van der Waals surface area contributed by atoms with Crippen molar-refractivity contribution in [2.45, 2.75) is 57.7 Å². The van der Waals surface area contributed by atoms with Crippen LogP contribution >= 0.6 is 23.2 Å². The maximum absolute atomic E-state index is 14.9. The Labute approximate surface area is 247 Å². The van der Waals surface area contributed by atoms with Crippen LogP contribution in [0.15, 0.2) is 30.3 Å². The van der Waals surface area contributed by atoms with Crippen molar-refractivity contribution in [3.63, 3.8) is 0 Å². The number of hydrogen-bond acceptors (Lipinski definition) is 4. The maximum Gasteiger partial charge on any atom is 0.379 e. The molecule has 6 nitrogen and oxygen atoms in total. The average molecular weight is 621 g/mol. The number of hydrogen-bond donors (Lipinski definition) is 1. The summed E-state index contributed by atoms with van der Waals surface area (Å²) in [6, 6.07) is 8.91. The van der Waals surface area contributed by atoms with Crippen LogP contribution in [0.1, 0.15) is 65.9 Å². The van der Waals surface area contributed by atoms with Gasteiger partial charge in [0.1, 0.15) is 11.6 Å². The third-order valence-electron chi connectivity index (χ3n) is 7.25. The number of rotatable bonds is 7. The lowest BCUT2D eigenvalue weighted by molar-refractivity contribution is -0.122. The van der Waals surface area contributed by atoms with Crippen molar-refractivity contribution in [3.05, 3.63) is 62.9 Å². The van der Waals surface area contributed by atoms with Gasteiger partial charge in [0, 0.05) is 35.7 Å². The molecule has 3 fully saturated rings. The normalized spacial score (nSPS) is 17.4. The molecular weight excluding hydrogens is 587 g/mol. The Morgan fingerprint density at radius 3 is 2.07 bits per heavy atom. The largest absolute Gasteiger partial charge is 0.493 e. The van der Waals surface area contributed by atoms with Crippen molar-refractivity contribution in [3.8, 4) is 5.75 Å². The number of carboxylic acid groups (broad SMARTS) is 1. The van der Waals surface area contributed by atoms with Gasteiger partial charge in [-0.2, -0.15) is 13.2 Å². The topological polar surface area (TPSA) is 70.1 Å². The molecule has 0 atom stereocenters. The summed E-state index contributed by atoms with van der Waals surface area (Å²) in [6.45, 7) is 0.889. The third-order valence-corrected chi connectivity index (χ3v) is 7.69. The number of benzene rings is 2. The van der Waals surface area contributed by atoms with Gasteiger partial charge in [-0.15, -0.1) is 0 Å². The Bertz CT molecular complexity index is 1130. The molecule has 1 amide bonds. The summed E-state index contributed by atoms with van der Waals surface area (Å²) < 4.78 is 50.1. The minimum Gasteiger partial charge on any atom is -0.493 e. The standard InChI is InChI=1S/C27H31Cl2FN2O2.CHF3.CH2O2/c28-21-11-19(12-22(29)13-21)16-31-9-5-18(6-10-31)17-34-26-15-25(30)24(14-23(26)20-3-4-20)27(33)32-7-1-2-8-32;2-1(3)4;2-1-3/h11-15,18,20H,1-10,16-17H2;1H;1H,(H,2,3). The highest BCUT2D eigenvalue weighted by atomic mass is 35.5. The number of ether oxygens (including phenoxy) is 1. The maximum atomic E-state index is 14.9. The second-order valence-corrected chi connectivity index (χ2v) is 11.2. The summed E-state index contributed by atoms with van der Waals surface area (Å²) in [5, 5.41) is 8.22. The zero-order valence-electron chi connectivity index (χ0n) is 22.5. The first-order valence-electron chi connectivity index (χ1n) is 13.5. The molecule has 2 saturated heterocycles. The highest BCUT2D eigenvalue weighted by Crippen LogP contribution is 2.45. The smallest absolute Gasteiger partial charge is 0.379 e. The molecule has 41 heavy (non-hydrogen) atoms. The van der Waals surface area contributed by atoms with E-state index in [1.54, 1.807) is 17.0 Å². The molecule has 2 heterocycles. The van der Waals surface area contributed by atoms with Crippen molar-refractivity contribution in [1.82, 2.24) is 9.80 Å². The number of halogens is 6. The second kappa shape index (κ2) is 16.2. The van der Waals surface area contributed by atoms with E-state index in [4.69, 9.17) is 37.8 Å². The summed E-state index contributed by atoms with van der Waals surface area (Å²) in [7, 11) is 0. The van der Waals surface area contributed by atoms with Crippen LogP contribution < -0.4 is 4.74 Å². The van der Waals surface area contributed by atoms with E-state index in [-0.39, 0.29) is 17.9 Å². The molecular formula is C29H34Cl2F4N2O4. The van der Waals surface area contributed by atoms with Gasteiger partial charge >= 0.3 is 6.68 Å². The molecule has 3 aliphatic rings. The van der Waals surface area contributed by atoms with Gasteiger partial charge in [0.25, 0.3) is 12.4 Å². The van der Waals surface area contributed by atoms with Crippen LogP contribution in [0.25, 0.3) is 0 Å². The average Bonchev–Trinajstić information content (AvgIpc) is 3.60. The Morgan fingerprint density at radius 2 is 1.54 bits per heavy atom. The lowest BCUT2D eigenvalue weighted by Crippen LogP contribution is -2.35. The fraction of sp³-hybridized carbons (Fsp3) is 0.517. The van der Waals surface area contributed by atoms with E-state index < -0.39 is 12.5 Å². The third kappa shape index (κ3) is 10.7. The van der Waals surface area contributed by atoms with Gasteiger partial charge in [0.15, 0.2) is 0 Å². The van der Waals surface area contributed by atoms with Crippen LogP contribution in [0.3, 0.4) is 0 Å². The summed E-state index contributed by atoms with van der Waals surface area (Å²) in [5.74, 6) is 0.782. The van der Waals surface area contributed by atoms with Crippen molar-refractivity contribution in [1.29, 1.82) is 0 Å². The minimum atomic E-state index is -3.67. The van der Waals surface area contributed by atoms with Gasteiger partial charge in [-0.1, -0.05) is 23.2 Å².